The Hall–Kier alpha value is -0.880. The van der Waals surface area contributed by atoms with Crippen molar-refractivity contribution in [2.75, 3.05) is 13.2 Å². The van der Waals surface area contributed by atoms with Crippen molar-refractivity contribution in [3.63, 3.8) is 0 Å². The first-order chi connectivity index (χ1) is 11.6. The average molecular weight is 429 g/mol. The third-order valence-corrected chi connectivity index (χ3v) is 6.11. The molecule has 6 heteroatoms. The molecule has 1 aliphatic heterocycles. The fourth-order valence-electron chi connectivity index (χ4n) is 3.04. The molecule has 3 rings (SSSR count). The van der Waals surface area contributed by atoms with E-state index in [1.807, 2.05) is 24.3 Å². The van der Waals surface area contributed by atoms with Crippen molar-refractivity contribution in [3.05, 3.63) is 55.6 Å². The predicted molar refractivity (Wildman–Crippen MR) is 102 cm³/mol. The minimum Gasteiger partial charge on any atom is -0.381 e. The van der Waals surface area contributed by atoms with Crippen LogP contribution < -0.4 is 5.32 Å². The van der Waals surface area contributed by atoms with Gasteiger partial charge in [-0.05, 0) is 49.1 Å². The summed E-state index contributed by atoms with van der Waals surface area (Å²) >= 11 is 11.0. The molecule has 1 amide bonds. The summed E-state index contributed by atoms with van der Waals surface area (Å²) < 4.78 is 7.30. The highest BCUT2D eigenvalue weighted by atomic mass is 79.9. The molecular formula is C18H19BrClNO2S. The van der Waals surface area contributed by atoms with E-state index in [2.05, 4.69) is 33.4 Å². The van der Waals surface area contributed by atoms with Crippen molar-refractivity contribution < 1.29 is 9.53 Å². The van der Waals surface area contributed by atoms with Gasteiger partial charge in [-0.1, -0.05) is 39.7 Å². The van der Waals surface area contributed by atoms with Crippen LogP contribution in [0.2, 0.25) is 4.34 Å². The third kappa shape index (κ3) is 4.39. The molecule has 3 nitrogen and oxygen atoms in total. The van der Waals surface area contributed by atoms with Crippen LogP contribution in [-0.2, 0) is 21.5 Å². The molecule has 2 aromatic rings. The van der Waals surface area contributed by atoms with Crippen LogP contribution in [-0.4, -0.2) is 19.1 Å². The summed E-state index contributed by atoms with van der Waals surface area (Å²) in [5.41, 5.74) is 0.791. The van der Waals surface area contributed by atoms with Gasteiger partial charge in [-0.25, -0.2) is 0 Å². The Kier molecular flexibility index (Phi) is 5.98. The Balaban J connectivity index is 1.71. The van der Waals surface area contributed by atoms with Crippen molar-refractivity contribution >= 4 is 44.8 Å². The minimum absolute atomic E-state index is 0.0707. The summed E-state index contributed by atoms with van der Waals surface area (Å²) in [4.78, 5) is 13.7. The second-order valence-corrected chi connectivity index (χ2v) is 8.67. The first kappa shape index (κ1) is 17.9. The van der Waals surface area contributed by atoms with E-state index >= 15 is 0 Å². The SMILES string of the molecule is O=C(CCc1ccc(Cl)s1)NC1(c2cccc(Br)c2)CCOCC1. The molecule has 1 saturated heterocycles. The molecule has 0 radical (unpaired) electrons. The van der Waals surface area contributed by atoms with E-state index in [0.717, 1.165) is 32.1 Å². The summed E-state index contributed by atoms with van der Waals surface area (Å²) in [5, 5.41) is 3.28. The van der Waals surface area contributed by atoms with Crippen molar-refractivity contribution in [2.45, 2.75) is 31.2 Å². The zero-order chi connectivity index (χ0) is 17.0. The molecule has 2 heterocycles. The second kappa shape index (κ2) is 8.00. The summed E-state index contributed by atoms with van der Waals surface area (Å²) in [6, 6.07) is 12.0. The average Bonchev–Trinajstić information content (AvgIpc) is 2.99. The number of hydrogen-bond donors (Lipinski definition) is 1. The van der Waals surface area contributed by atoms with Gasteiger partial charge in [0.2, 0.25) is 5.91 Å². The van der Waals surface area contributed by atoms with Gasteiger partial charge in [0.05, 0.1) is 9.88 Å². The van der Waals surface area contributed by atoms with Gasteiger partial charge in [0.25, 0.3) is 0 Å². The Morgan fingerprint density at radius 2 is 2.08 bits per heavy atom. The molecule has 128 valence electrons. The van der Waals surface area contributed by atoms with Crippen LogP contribution in [0.25, 0.3) is 0 Å². The van der Waals surface area contributed by atoms with Crippen molar-refractivity contribution in [1.29, 1.82) is 0 Å². The molecule has 0 aliphatic carbocycles. The predicted octanol–water partition coefficient (Wildman–Crippen LogP) is 4.92. The lowest BCUT2D eigenvalue weighted by atomic mass is 9.82. The Labute approximate surface area is 159 Å². The molecule has 1 aliphatic rings. The fraction of sp³-hybridized carbons (Fsp3) is 0.389. The maximum atomic E-state index is 12.6. The van der Waals surface area contributed by atoms with Crippen LogP contribution in [0.5, 0.6) is 0 Å². The van der Waals surface area contributed by atoms with Crippen LogP contribution in [0.4, 0.5) is 0 Å². The number of rotatable bonds is 5. The third-order valence-electron chi connectivity index (χ3n) is 4.33. The second-order valence-electron chi connectivity index (χ2n) is 5.96. The quantitative estimate of drug-likeness (QED) is 0.734. The Bertz CT molecular complexity index is 713. The number of benzene rings is 1. The number of aryl methyl sites for hydroxylation is 1. The summed E-state index contributed by atoms with van der Waals surface area (Å²) in [6.45, 7) is 1.32. The van der Waals surface area contributed by atoms with Crippen LogP contribution >= 0.6 is 38.9 Å². The largest absolute Gasteiger partial charge is 0.381 e. The molecule has 0 bridgehead atoms. The maximum absolute atomic E-state index is 12.6. The van der Waals surface area contributed by atoms with Crippen LogP contribution in [0.15, 0.2) is 40.9 Å². The van der Waals surface area contributed by atoms with Crippen molar-refractivity contribution in [1.82, 2.24) is 5.32 Å². The first-order valence-electron chi connectivity index (χ1n) is 7.96. The fourth-order valence-corrected chi connectivity index (χ4v) is 4.53. The molecule has 1 aromatic heterocycles. The standard InChI is InChI=1S/C18H19BrClNO2S/c19-14-3-1-2-13(12-14)18(8-10-23-11-9-18)21-17(22)7-5-15-4-6-16(20)24-15/h1-4,6,12H,5,7-11H2,(H,21,22). The van der Waals surface area contributed by atoms with Gasteiger partial charge < -0.3 is 10.1 Å². The number of amides is 1. The van der Waals surface area contributed by atoms with Gasteiger partial charge in [-0.2, -0.15) is 0 Å². The van der Waals surface area contributed by atoms with Gasteiger partial charge in [0, 0.05) is 29.0 Å². The van der Waals surface area contributed by atoms with Crippen molar-refractivity contribution in [2.24, 2.45) is 0 Å². The Morgan fingerprint density at radius 1 is 1.29 bits per heavy atom. The molecule has 0 atom stereocenters. The number of ether oxygens (including phenoxy) is 1. The number of thiophene rings is 1. The molecule has 0 saturated carbocycles. The number of halogens is 2. The number of hydrogen-bond acceptors (Lipinski definition) is 3. The molecule has 1 fully saturated rings. The Morgan fingerprint density at radius 3 is 2.75 bits per heavy atom. The molecule has 0 spiro atoms. The summed E-state index contributed by atoms with van der Waals surface area (Å²) in [5.74, 6) is 0.0707. The smallest absolute Gasteiger partial charge is 0.221 e. The molecule has 0 unspecified atom stereocenters. The van der Waals surface area contributed by atoms with E-state index in [-0.39, 0.29) is 11.4 Å². The molecule has 1 aromatic carbocycles. The van der Waals surface area contributed by atoms with Crippen LogP contribution in [0.1, 0.15) is 29.7 Å². The zero-order valence-corrected chi connectivity index (χ0v) is 16.3. The maximum Gasteiger partial charge on any atom is 0.221 e. The molecule has 24 heavy (non-hydrogen) atoms. The van der Waals surface area contributed by atoms with E-state index in [4.69, 9.17) is 16.3 Å². The van der Waals surface area contributed by atoms with Gasteiger partial charge in [0.15, 0.2) is 0 Å². The molecular weight excluding hydrogens is 410 g/mol. The normalized spacial score (nSPS) is 16.8. The lowest BCUT2D eigenvalue weighted by Crippen LogP contribution is -2.49. The topological polar surface area (TPSA) is 38.3 Å². The van der Waals surface area contributed by atoms with Crippen molar-refractivity contribution in [3.8, 4) is 0 Å². The van der Waals surface area contributed by atoms with E-state index in [0.29, 0.717) is 26.1 Å². The van der Waals surface area contributed by atoms with Gasteiger partial charge in [-0.15, -0.1) is 11.3 Å². The lowest BCUT2D eigenvalue weighted by molar-refractivity contribution is -0.124. The van der Waals surface area contributed by atoms with Gasteiger partial charge in [-0.3, -0.25) is 4.79 Å². The zero-order valence-electron chi connectivity index (χ0n) is 13.2. The summed E-state index contributed by atoms with van der Waals surface area (Å²) in [7, 11) is 0. The van der Waals surface area contributed by atoms with Gasteiger partial charge in [0.1, 0.15) is 0 Å². The number of carbonyl (C=O) groups excluding carboxylic acids is 1. The minimum atomic E-state index is -0.341. The highest BCUT2D eigenvalue weighted by molar-refractivity contribution is 9.10. The lowest BCUT2D eigenvalue weighted by Gasteiger charge is -2.38. The van der Waals surface area contributed by atoms with E-state index in [1.165, 1.54) is 11.3 Å². The van der Waals surface area contributed by atoms with E-state index in [9.17, 15) is 4.79 Å². The first-order valence-corrected chi connectivity index (χ1v) is 9.95. The number of nitrogens with one attached hydrogen (secondary N) is 1. The number of carbonyl (C=O) groups is 1. The summed E-state index contributed by atoms with van der Waals surface area (Å²) in [6.07, 6.45) is 2.77. The monoisotopic (exact) mass is 427 g/mol. The van der Waals surface area contributed by atoms with Gasteiger partial charge >= 0.3 is 0 Å². The van der Waals surface area contributed by atoms with E-state index < -0.39 is 0 Å². The highest BCUT2D eigenvalue weighted by Crippen LogP contribution is 2.33. The van der Waals surface area contributed by atoms with E-state index in [1.54, 1.807) is 0 Å². The van der Waals surface area contributed by atoms with Crippen LogP contribution in [0, 0.1) is 0 Å². The highest BCUT2D eigenvalue weighted by Gasteiger charge is 2.35. The van der Waals surface area contributed by atoms with Crippen LogP contribution in [0.3, 0.4) is 0 Å². The molecule has 1 N–H and O–H groups in total.